The van der Waals surface area contributed by atoms with E-state index in [0.717, 1.165) is 14.6 Å². The second-order valence-corrected chi connectivity index (χ2v) is 5.02. The maximum Gasteiger partial charge on any atom is 0.221 e. The van der Waals surface area contributed by atoms with Crippen molar-refractivity contribution in [2.45, 2.75) is 13.3 Å². The highest BCUT2D eigenvalue weighted by molar-refractivity contribution is 9.11. The van der Waals surface area contributed by atoms with Crippen molar-refractivity contribution in [2.75, 3.05) is 18.4 Å². The second-order valence-electron chi connectivity index (χ2n) is 3.25. The topological polar surface area (TPSA) is 41.1 Å². The number of anilines is 1. The van der Waals surface area contributed by atoms with Crippen molar-refractivity contribution in [2.24, 2.45) is 0 Å². The zero-order chi connectivity index (χ0) is 12.0. The van der Waals surface area contributed by atoms with Crippen LogP contribution in [0.3, 0.4) is 0 Å². The Morgan fingerprint density at radius 2 is 2.12 bits per heavy atom. The molecule has 0 aliphatic heterocycles. The predicted octanol–water partition coefficient (Wildman–Crippen LogP) is 3.15. The fraction of sp³-hybridized carbons (Fsp3) is 0.364. The smallest absolute Gasteiger partial charge is 0.221 e. The number of hydrogen-bond donors (Lipinski definition) is 2. The van der Waals surface area contributed by atoms with Crippen LogP contribution in [0.5, 0.6) is 0 Å². The van der Waals surface area contributed by atoms with Crippen molar-refractivity contribution < 1.29 is 4.79 Å². The second kappa shape index (κ2) is 6.91. The molecule has 2 N–H and O–H groups in total. The van der Waals surface area contributed by atoms with Crippen LogP contribution in [0.1, 0.15) is 13.3 Å². The molecule has 0 saturated carbocycles. The van der Waals surface area contributed by atoms with Gasteiger partial charge in [-0.05, 0) is 41.1 Å². The first-order valence-electron chi connectivity index (χ1n) is 5.09. The van der Waals surface area contributed by atoms with Crippen molar-refractivity contribution in [3.05, 3.63) is 27.1 Å². The molecule has 0 aliphatic carbocycles. The van der Waals surface area contributed by atoms with Gasteiger partial charge in [-0.2, -0.15) is 0 Å². The molecule has 1 amide bonds. The summed E-state index contributed by atoms with van der Waals surface area (Å²) in [6.07, 6.45) is 0.479. The van der Waals surface area contributed by atoms with E-state index in [9.17, 15) is 4.79 Å². The Hall–Kier alpha value is -0.550. The Balaban J connectivity index is 2.42. The van der Waals surface area contributed by atoms with Gasteiger partial charge >= 0.3 is 0 Å². The molecular formula is C11H14Br2N2O. The fourth-order valence-corrected chi connectivity index (χ4v) is 1.98. The van der Waals surface area contributed by atoms with E-state index in [1.807, 2.05) is 25.1 Å². The minimum absolute atomic E-state index is 0.0705. The molecule has 0 atom stereocenters. The Bertz CT molecular complexity index is 369. The third-order valence-corrected chi connectivity index (χ3v) is 3.15. The van der Waals surface area contributed by atoms with Crippen molar-refractivity contribution in [1.82, 2.24) is 5.32 Å². The SMILES string of the molecule is CCNC(=O)CCNc1cc(Br)ccc1Br. The predicted molar refractivity (Wildman–Crippen MR) is 73.6 cm³/mol. The molecule has 0 saturated heterocycles. The molecule has 0 spiro atoms. The van der Waals surface area contributed by atoms with E-state index in [1.165, 1.54) is 0 Å². The molecule has 0 heterocycles. The summed E-state index contributed by atoms with van der Waals surface area (Å²) in [5.74, 6) is 0.0705. The van der Waals surface area contributed by atoms with Crippen molar-refractivity contribution in [3.8, 4) is 0 Å². The number of nitrogens with one attached hydrogen (secondary N) is 2. The quantitative estimate of drug-likeness (QED) is 0.857. The highest BCUT2D eigenvalue weighted by Crippen LogP contribution is 2.25. The maximum absolute atomic E-state index is 11.2. The summed E-state index contributed by atoms with van der Waals surface area (Å²) in [6.45, 7) is 3.22. The first-order valence-corrected chi connectivity index (χ1v) is 6.67. The molecule has 1 aromatic rings. The van der Waals surface area contributed by atoms with E-state index < -0.39 is 0 Å². The molecule has 5 heteroatoms. The van der Waals surface area contributed by atoms with E-state index in [0.29, 0.717) is 19.5 Å². The molecule has 0 fully saturated rings. The highest BCUT2D eigenvalue weighted by Gasteiger charge is 2.02. The number of benzene rings is 1. The zero-order valence-corrected chi connectivity index (χ0v) is 12.2. The van der Waals surface area contributed by atoms with Gasteiger partial charge in [0.2, 0.25) is 5.91 Å². The first kappa shape index (κ1) is 13.5. The number of carbonyl (C=O) groups excluding carboxylic acids is 1. The molecule has 1 rings (SSSR count). The molecule has 16 heavy (non-hydrogen) atoms. The summed E-state index contributed by atoms with van der Waals surface area (Å²) in [7, 11) is 0. The minimum atomic E-state index is 0.0705. The average Bonchev–Trinajstić information content (AvgIpc) is 2.23. The van der Waals surface area contributed by atoms with Gasteiger partial charge in [-0.1, -0.05) is 15.9 Å². The fourth-order valence-electron chi connectivity index (χ4n) is 1.23. The molecule has 0 unspecified atom stereocenters. The van der Waals surface area contributed by atoms with Gasteiger partial charge in [0.1, 0.15) is 0 Å². The zero-order valence-electron chi connectivity index (χ0n) is 9.02. The molecule has 88 valence electrons. The van der Waals surface area contributed by atoms with Crippen LogP contribution in [0.2, 0.25) is 0 Å². The molecule has 0 radical (unpaired) electrons. The third kappa shape index (κ3) is 4.53. The summed E-state index contributed by atoms with van der Waals surface area (Å²) in [5, 5.41) is 5.96. The van der Waals surface area contributed by atoms with Gasteiger partial charge in [-0.25, -0.2) is 0 Å². The number of carbonyl (C=O) groups is 1. The van der Waals surface area contributed by atoms with Crippen molar-refractivity contribution in [1.29, 1.82) is 0 Å². The highest BCUT2D eigenvalue weighted by atomic mass is 79.9. The van der Waals surface area contributed by atoms with Crippen LogP contribution >= 0.6 is 31.9 Å². The van der Waals surface area contributed by atoms with Crippen molar-refractivity contribution in [3.63, 3.8) is 0 Å². The van der Waals surface area contributed by atoms with Gasteiger partial charge in [0.05, 0.1) is 0 Å². The molecule has 3 nitrogen and oxygen atoms in total. The van der Waals surface area contributed by atoms with Gasteiger partial charge in [-0.3, -0.25) is 4.79 Å². The first-order chi connectivity index (χ1) is 7.63. The Labute approximate surface area is 112 Å². The molecule has 0 bridgehead atoms. The normalized spacial score (nSPS) is 9.94. The van der Waals surface area contributed by atoms with Crippen molar-refractivity contribution >= 4 is 43.5 Å². The van der Waals surface area contributed by atoms with Gasteiger partial charge in [0, 0.05) is 34.1 Å². The average molecular weight is 350 g/mol. The molecule has 0 aliphatic rings. The summed E-state index contributed by atoms with van der Waals surface area (Å²) < 4.78 is 2.00. The van der Waals surface area contributed by atoms with Crippen LogP contribution in [0, 0.1) is 0 Å². The van der Waals surface area contributed by atoms with E-state index in [2.05, 4.69) is 42.5 Å². The van der Waals surface area contributed by atoms with Gasteiger partial charge in [0.15, 0.2) is 0 Å². The number of halogens is 2. The Morgan fingerprint density at radius 3 is 2.81 bits per heavy atom. The molecule has 1 aromatic carbocycles. The van der Waals surface area contributed by atoms with E-state index >= 15 is 0 Å². The monoisotopic (exact) mass is 348 g/mol. The van der Waals surface area contributed by atoms with E-state index in [1.54, 1.807) is 0 Å². The van der Waals surface area contributed by atoms with E-state index in [4.69, 9.17) is 0 Å². The van der Waals surface area contributed by atoms with Crippen LogP contribution < -0.4 is 10.6 Å². The third-order valence-electron chi connectivity index (χ3n) is 1.97. The minimum Gasteiger partial charge on any atom is -0.384 e. The molecular weight excluding hydrogens is 336 g/mol. The number of amides is 1. The number of hydrogen-bond acceptors (Lipinski definition) is 2. The van der Waals surface area contributed by atoms with Crippen LogP contribution in [-0.2, 0) is 4.79 Å². The van der Waals surface area contributed by atoms with Gasteiger partial charge < -0.3 is 10.6 Å². The lowest BCUT2D eigenvalue weighted by atomic mass is 10.3. The largest absolute Gasteiger partial charge is 0.384 e. The lowest BCUT2D eigenvalue weighted by Gasteiger charge is -2.08. The van der Waals surface area contributed by atoms with Crippen LogP contribution in [0.15, 0.2) is 27.1 Å². The Morgan fingerprint density at radius 1 is 1.38 bits per heavy atom. The van der Waals surface area contributed by atoms with Gasteiger partial charge in [0.25, 0.3) is 0 Å². The number of rotatable bonds is 5. The molecule has 0 aromatic heterocycles. The Kier molecular flexibility index (Phi) is 5.84. The van der Waals surface area contributed by atoms with Crippen LogP contribution in [0.4, 0.5) is 5.69 Å². The summed E-state index contributed by atoms with van der Waals surface area (Å²) in [5.41, 5.74) is 0.985. The summed E-state index contributed by atoms with van der Waals surface area (Å²) in [6, 6.07) is 5.89. The van der Waals surface area contributed by atoms with Crippen LogP contribution in [-0.4, -0.2) is 19.0 Å². The summed E-state index contributed by atoms with van der Waals surface area (Å²) in [4.78, 5) is 11.2. The lowest BCUT2D eigenvalue weighted by molar-refractivity contribution is -0.120. The lowest BCUT2D eigenvalue weighted by Crippen LogP contribution is -2.24. The maximum atomic E-state index is 11.2. The standard InChI is InChI=1S/C11H14Br2N2O/c1-2-14-11(16)5-6-15-10-7-8(12)3-4-9(10)13/h3-4,7,15H,2,5-6H2,1H3,(H,14,16). The van der Waals surface area contributed by atoms with E-state index in [-0.39, 0.29) is 5.91 Å². The van der Waals surface area contributed by atoms with Crippen LogP contribution in [0.25, 0.3) is 0 Å². The summed E-state index contributed by atoms with van der Waals surface area (Å²) >= 11 is 6.85. The van der Waals surface area contributed by atoms with Gasteiger partial charge in [-0.15, -0.1) is 0 Å².